The van der Waals surface area contributed by atoms with Crippen LogP contribution in [0.2, 0.25) is 0 Å². The quantitative estimate of drug-likeness (QED) is 0.623. The Morgan fingerprint density at radius 3 is 2.43 bits per heavy atom. The Morgan fingerprint density at radius 1 is 1.10 bits per heavy atom. The van der Waals surface area contributed by atoms with Crippen LogP contribution in [0, 0.1) is 6.92 Å². The summed E-state index contributed by atoms with van der Waals surface area (Å²) in [5.41, 5.74) is 7.47. The molecule has 0 aliphatic carbocycles. The molecule has 0 unspecified atom stereocenters. The molecule has 0 fully saturated rings. The second-order valence-electron chi connectivity index (χ2n) is 4.50. The van der Waals surface area contributed by atoms with Gasteiger partial charge >= 0.3 is 0 Å². The molecule has 0 aromatic heterocycles. The number of aryl methyl sites for hydroxylation is 1. The molecular weight excluding hydrogens is 350 g/mol. The normalized spacial score (nSPS) is 10.2. The van der Waals surface area contributed by atoms with Crippen molar-refractivity contribution in [3.8, 4) is 11.5 Å². The molecule has 2 rings (SSSR count). The van der Waals surface area contributed by atoms with Crippen LogP contribution < -0.4 is 15.2 Å². The summed E-state index contributed by atoms with van der Waals surface area (Å²) in [6.45, 7) is 2.96. The van der Waals surface area contributed by atoms with Gasteiger partial charge in [0.05, 0.1) is 0 Å². The SMILES string of the molecule is Cc1ccc(Br)cc1OCCOc1ccc(C(N)=S)cc1. The van der Waals surface area contributed by atoms with Gasteiger partial charge in [0.25, 0.3) is 0 Å². The number of hydrogen-bond donors (Lipinski definition) is 1. The molecule has 21 heavy (non-hydrogen) atoms. The lowest BCUT2D eigenvalue weighted by Crippen LogP contribution is -2.11. The summed E-state index contributed by atoms with van der Waals surface area (Å²) in [4.78, 5) is 0.384. The van der Waals surface area contributed by atoms with Crippen LogP contribution in [-0.4, -0.2) is 18.2 Å². The minimum absolute atomic E-state index is 0.384. The van der Waals surface area contributed by atoms with E-state index in [4.69, 9.17) is 27.4 Å². The lowest BCUT2D eigenvalue weighted by atomic mass is 10.2. The van der Waals surface area contributed by atoms with Crippen LogP contribution in [-0.2, 0) is 0 Å². The van der Waals surface area contributed by atoms with E-state index in [1.54, 1.807) is 0 Å². The maximum atomic E-state index is 5.71. The highest BCUT2D eigenvalue weighted by atomic mass is 79.9. The molecule has 0 spiro atoms. The zero-order valence-electron chi connectivity index (χ0n) is 11.6. The molecule has 2 aromatic rings. The number of benzene rings is 2. The Balaban J connectivity index is 1.81. The smallest absolute Gasteiger partial charge is 0.123 e. The van der Waals surface area contributed by atoms with Crippen molar-refractivity contribution in [2.75, 3.05) is 13.2 Å². The first kappa shape index (κ1) is 15.8. The standard InChI is InChI=1S/C16H16BrNO2S/c1-11-2-5-13(17)10-15(11)20-9-8-19-14-6-3-12(4-7-14)16(18)21/h2-7,10H,8-9H2,1H3,(H2,18,21). The lowest BCUT2D eigenvalue weighted by Gasteiger charge is -2.11. The summed E-state index contributed by atoms with van der Waals surface area (Å²) >= 11 is 8.33. The van der Waals surface area contributed by atoms with Gasteiger partial charge in [0.15, 0.2) is 0 Å². The number of thiocarbonyl (C=S) groups is 1. The Kier molecular flexibility index (Phi) is 5.59. The second kappa shape index (κ2) is 7.43. The molecule has 5 heteroatoms. The van der Waals surface area contributed by atoms with Gasteiger partial charge in [0.1, 0.15) is 29.7 Å². The van der Waals surface area contributed by atoms with Crippen LogP contribution in [0.25, 0.3) is 0 Å². The van der Waals surface area contributed by atoms with E-state index in [2.05, 4.69) is 15.9 Å². The van der Waals surface area contributed by atoms with Crippen molar-refractivity contribution in [2.45, 2.75) is 6.92 Å². The molecule has 0 aliphatic heterocycles. The molecule has 0 amide bonds. The maximum Gasteiger partial charge on any atom is 0.123 e. The van der Waals surface area contributed by atoms with Crippen LogP contribution in [0.5, 0.6) is 11.5 Å². The molecule has 0 aliphatic rings. The molecule has 0 bridgehead atoms. The zero-order chi connectivity index (χ0) is 15.2. The molecule has 0 radical (unpaired) electrons. The second-order valence-corrected chi connectivity index (χ2v) is 5.85. The summed E-state index contributed by atoms with van der Waals surface area (Å²) in [5.74, 6) is 1.63. The van der Waals surface area contributed by atoms with E-state index in [9.17, 15) is 0 Å². The summed E-state index contributed by atoms with van der Waals surface area (Å²) < 4.78 is 12.3. The average molecular weight is 366 g/mol. The zero-order valence-corrected chi connectivity index (χ0v) is 14.0. The third kappa shape index (κ3) is 4.72. The fraction of sp³-hybridized carbons (Fsp3) is 0.188. The van der Waals surface area contributed by atoms with E-state index < -0.39 is 0 Å². The number of hydrogen-bond acceptors (Lipinski definition) is 3. The number of halogens is 1. The molecule has 3 nitrogen and oxygen atoms in total. The first-order valence-electron chi connectivity index (χ1n) is 6.48. The van der Waals surface area contributed by atoms with E-state index in [1.807, 2.05) is 49.4 Å². The third-order valence-electron chi connectivity index (χ3n) is 2.90. The predicted octanol–water partition coefficient (Wildman–Crippen LogP) is 3.85. The summed E-state index contributed by atoms with van der Waals surface area (Å²) in [6.07, 6.45) is 0. The van der Waals surface area contributed by atoms with E-state index in [0.717, 1.165) is 27.1 Å². The fourth-order valence-electron chi connectivity index (χ4n) is 1.76. The maximum absolute atomic E-state index is 5.71. The first-order valence-corrected chi connectivity index (χ1v) is 7.68. The first-order chi connectivity index (χ1) is 10.1. The van der Waals surface area contributed by atoms with Gasteiger partial charge in [0, 0.05) is 10.0 Å². The molecule has 0 atom stereocenters. The van der Waals surface area contributed by atoms with Gasteiger partial charge in [-0.25, -0.2) is 0 Å². The highest BCUT2D eigenvalue weighted by Crippen LogP contribution is 2.22. The third-order valence-corrected chi connectivity index (χ3v) is 3.63. The van der Waals surface area contributed by atoms with E-state index in [-0.39, 0.29) is 0 Å². The van der Waals surface area contributed by atoms with Crippen LogP contribution in [0.1, 0.15) is 11.1 Å². The van der Waals surface area contributed by atoms with Gasteiger partial charge in [-0.3, -0.25) is 0 Å². The molecule has 0 saturated carbocycles. The topological polar surface area (TPSA) is 44.5 Å². The van der Waals surface area contributed by atoms with Gasteiger partial charge in [-0.2, -0.15) is 0 Å². The van der Waals surface area contributed by atoms with Crippen molar-refractivity contribution in [3.05, 3.63) is 58.1 Å². The van der Waals surface area contributed by atoms with Gasteiger partial charge in [-0.05, 0) is 48.9 Å². The number of ether oxygens (including phenoxy) is 2. The average Bonchev–Trinajstić information content (AvgIpc) is 2.47. The van der Waals surface area contributed by atoms with Crippen molar-refractivity contribution in [1.82, 2.24) is 0 Å². The summed E-state index contributed by atoms with van der Waals surface area (Å²) in [7, 11) is 0. The molecule has 110 valence electrons. The van der Waals surface area contributed by atoms with Gasteiger partial charge in [-0.15, -0.1) is 0 Å². The Bertz CT molecular complexity index is 629. The van der Waals surface area contributed by atoms with E-state index >= 15 is 0 Å². The van der Waals surface area contributed by atoms with E-state index in [1.165, 1.54) is 0 Å². The van der Waals surface area contributed by atoms with Crippen molar-refractivity contribution in [1.29, 1.82) is 0 Å². The van der Waals surface area contributed by atoms with Gasteiger partial charge in [-0.1, -0.05) is 34.2 Å². The van der Waals surface area contributed by atoms with Crippen molar-refractivity contribution < 1.29 is 9.47 Å². The number of rotatable bonds is 6. The summed E-state index contributed by atoms with van der Waals surface area (Å²) in [5, 5.41) is 0. The van der Waals surface area contributed by atoms with Gasteiger partial charge in [0.2, 0.25) is 0 Å². The summed E-state index contributed by atoms with van der Waals surface area (Å²) in [6, 6.07) is 13.3. The predicted molar refractivity (Wildman–Crippen MR) is 92.2 cm³/mol. The monoisotopic (exact) mass is 365 g/mol. The molecule has 2 aromatic carbocycles. The Hall–Kier alpha value is -1.59. The molecular formula is C16H16BrNO2S. The van der Waals surface area contributed by atoms with Crippen LogP contribution in [0.4, 0.5) is 0 Å². The van der Waals surface area contributed by atoms with E-state index in [0.29, 0.717) is 18.2 Å². The van der Waals surface area contributed by atoms with Crippen molar-refractivity contribution >= 4 is 33.1 Å². The highest BCUT2D eigenvalue weighted by molar-refractivity contribution is 9.10. The van der Waals surface area contributed by atoms with Crippen molar-refractivity contribution in [3.63, 3.8) is 0 Å². The molecule has 0 saturated heterocycles. The van der Waals surface area contributed by atoms with Gasteiger partial charge < -0.3 is 15.2 Å². The lowest BCUT2D eigenvalue weighted by molar-refractivity contribution is 0.216. The minimum atomic E-state index is 0.384. The molecule has 0 heterocycles. The van der Waals surface area contributed by atoms with Crippen molar-refractivity contribution in [2.24, 2.45) is 5.73 Å². The van der Waals surface area contributed by atoms with Crippen LogP contribution in [0.3, 0.4) is 0 Å². The Morgan fingerprint density at radius 2 is 1.76 bits per heavy atom. The van der Waals surface area contributed by atoms with Crippen LogP contribution >= 0.6 is 28.1 Å². The Labute approximate surface area is 138 Å². The van der Waals surface area contributed by atoms with Crippen LogP contribution in [0.15, 0.2) is 46.9 Å². The molecule has 2 N–H and O–H groups in total. The largest absolute Gasteiger partial charge is 0.490 e. The number of nitrogens with two attached hydrogens (primary N) is 1. The highest BCUT2D eigenvalue weighted by Gasteiger charge is 2.01. The minimum Gasteiger partial charge on any atom is -0.490 e. The fourth-order valence-corrected chi connectivity index (χ4v) is 2.23.